The highest BCUT2D eigenvalue weighted by Crippen LogP contribution is 2.19. The van der Waals surface area contributed by atoms with Gasteiger partial charge in [0.15, 0.2) is 0 Å². The Labute approximate surface area is 160 Å². The molecule has 2 aromatic carbocycles. The smallest absolute Gasteiger partial charge is 0.238 e. The minimum absolute atomic E-state index is 0.0211. The molecule has 0 aliphatic rings. The van der Waals surface area contributed by atoms with E-state index < -0.39 is 10.0 Å². The highest BCUT2D eigenvalue weighted by molar-refractivity contribution is 7.99. The van der Waals surface area contributed by atoms with Crippen LogP contribution in [-0.2, 0) is 14.8 Å². The van der Waals surface area contributed by atoms with Gasteiger partial charge in [0.05, 0.1) is 16.3 Å². The predicted molar refractivity (Wildman–Crippen MR) is 101 cm³/mol. The standard InChI is InChI=1S/C16H16N6O3S2/c1-11-3-2-4-13(9-11)22-16(19-20-21-22)26-10-15(23)18-12-5-7-14(8-6-12)27(17,24)25/h2-9H,10H2,1H3,(H,18,23)(H2,17,24,25). The van der Waals surface area contributed by atoms with Gasteiger partial charge < -0.3 is 5.32 Å². The molecule has 0 bridgehead atoms. The molecule has 0 unspecified atom stereocenters. The summed E-state index contributed by atoms with van der Waals surface area (Å²) >= 11 is 1.19. The second kappa shape index (κ2) is 7.86. The first kappa shape index (κ1) is 19.0. The third-order valence-corrected chi connectivity index (χ3v) is 5.33. The average molecular weight is 404 g/mol. The summed E-state index contributed by atoms with van der Waals surface area (Å²) in [6.07, 6.45) is 0. The van der Waals surface area contributed by atoms with Gasteiger partial charge in [-0.05, 0) is 59.3 Å². The molecule has 140 valence electrons. The van der Waals surface area contributed by atoms with Crippen LogP contribution < -0.4 is 10.5 Å². The van der Waals surface area contributed by atoms with Gasteiger partial charge in [0, 0.05) is 5.69 Å². The van der Waals surface area contributed by atoms with Crippen LogP contribution in [0.25, 0.3) is 5.69 Å². The van der Waals surface area contributed by atoms with Gasteiger partial charge >= 0.3 is 0 Å². The van der Waals surface area contributed by atoms with Crippen molar-refractivity contribution in [1.29, 1.82) is 0 Å². The van der Waals surface area contributed by atoms with E-state index >= 15 is 0 Å². The summed E-state index contributed by atoms with van der Waals surface area (Å²) < 4.78 is 24.0. The monoisotopic (exact) mass is 404 g/mol. The number of hydrogen-bond donors (Lipinski definition) is 2. The third-order valence-electron chi connectivity index (χ3n) is 3.49. The van der Waals surface area contributed by atoms with E-state index in [2.05, 4.69) is 20.8 Å². The van der Waals surface area contributed by atoms with Crippen molar-refractivity contribution in [3.63, 3.8) is 0 Å². The molecule has 0 spiro atoms. The van der Waals surface area contributed by atoms with E-state index in [4.69, 9.17) is 5.14 Å². The number of amides is 1. The van der Waals surface area contributed by atoms with Crippen molar-refractivity contribution < 1.29 is 13.2 Å². The van der Waals surface area contributed by atoms with Gasteiger partial charge in [-0.2, -0.15) is 4.68 Å². The number of nitrogens with zero attached hydrogens (tertiary/aromatic N) is 4. The number of nitrogens with one attached hydrogen (secondary N) is 1. The highest BCUT2D eigenvalue weighted by atomic mass is 32.2. The second-order valence-electron chi connectivity index (χ2n) is 5.62. The van der Waals surface area contributed by atoms with Crippen LogP contribution in [0.15, 0.2) is 58.6 Å². The summed E-state index contributed by atoms with van der Waals surface area (Å²) in [5.74, 6) is -0.189. The molecule has 11 heteroatoms. The topological polar surface area (TPSA) is 133 Å². The van der Waals surface area contributed by atoms with Crippen LogP contribution in [0.1, 0.15) is 5.56 Å². The number of rotatable bonds is 6. The first-order valence-corrected chi connectivity index (χ1v) is 10.3. The van der Waals surface area contributed by atoms with Crippen LogP contribution in [0, 0.1) is 6.92 Å². The van der Waals surface area contributed by atoms with Crippen molar-refractivity contribution in [3.05, 3.63) is 54.1 Å². The molecule has 1 heterocycles. The lowest BCUT2D eigenvalue weighted by atomic mass is 10.2. The molecule has 1 amide bonds. The third kappa shape index (κ3) is 4.90. The Balaban J connectivity index is 1.63. The Bertz CT molecular complexity index is 1060. The second-order valence-corrected chi connectivity index (χ2v) is 8.12. The van der Waals surface area contributed by atoms with Crippen molar-refractivity contribution in [2.24, 2.45) is 5.14 Å². The number of hydrogen-bond acceptors (Lipinski definition) is 7. The predicted octanol–water partition coefficient (Wildman–Crippen LogP) is 1.35. The SMILES string of the molecule is Cc1cccc(-n2nnnc2SCC(=O)Nc2ccc(S(N)(=O)=O)cc2)c1. The van der Waals surface area contributed by atoms with Gasteiger partial charge in [-0.1, -0.05) is 23.9 Å². The largest absolute Gasteiger partial charge is 0.325 e. The van der Waals surface area contributed by atoms with Crippen molar-refractivity contribution in [1.82, 2.24) is 20.2 Å². The Morgan fingerprint density at radius 2 is 1.96 bits per heavy atom. The molecule has 1 aromatic heterocycles. The van der Waals surface area contributed by atoms with Crippen LogP contribution >= 0.6 is 11.8 Å². The summed E-state index contributed by atoms with van der Waals surface area (Å²) in [4.78, 5) is 12.1. The van der Waals surface area contributed by atoms with E-state index in [0.717, 1.165) is 11.3 Å². The molecule has 0 fully saturated rings. The number of tetrazole rings is 1. The molecular weight excluding hydrogens is 388 g/mol. The first-order chi connectivity index (χ1) is 12.8. The minimum atomic E-state index is -3.76. The lowest BCUT2D eigenvalue weighted by Gasteiger charge is -2.07. The summed E-state index contributed by atoms with van der Waals surface area (Å²) in [7, 11) is -3.76. The summed E-state index contributed by atoms with van der Waals surface area (Å²) in [5, 5.41) is 19.8. The molecule has 0 aliphatic heterocycles. The number of carbonyl (C=O) groups is 1. The van der Waals surface area contributed by atoms with Gasteiger partial charge in [0.2, 0.25) is 21.1 Å². The minimum Gasteiger partial charge on any atom is -0.325 e. The van der Waals surface area contributed by atoms with Crippen LogP contribution in [0.3, 0.4) is 0 Å². The molecule has 0 saturated heterocycles. The van der Waals surface area contributed by atoms with E-state index in [9.17, 15) is 13.2 Å². The fourth-order valence-corrected chi connectivity index (χ4v) is 3.45. The number of aryl methyl sites for hydroxylation is 1. The number of sulfonamides is 1. The fourth-order valence-electron chi connectivity index (χ4n) is 2.25. The molecular formula is C16H16N6O3S2. The Morgan fingerprint density at radius 3 is 2.63 bits per heavy atom. The molecule has 0 radical (unpaired) electrons. The van der Waals surface area contributed by atoms with E-state index in [-0.39, 0.29) is 16.6 Å². The number of primary sulfonamides is 1. The molecule has 0 aliphatic carbocycles. The zero-order valence-electron chi connectivity index (χ0n) is 14.2. The van der Waals surface area contributed by atoms with Crippen LogP contribution in [-0.4, -0.2) is 40.3 Å². The maximum absolute atomic E-state index is 12.1. The van der Waals surface area contributed by atoms with Crippen molar-refractivity contribution in [2.75, 3.05) is 11.1 Å². The van der Waals surface area contributed by atoms with E-state index in [1.54, 1.807) is 4.68 Å². The van der Waals surface area contributed by atoms with E-state index in [0.29, 0.717) is 10.8 Å². The zero-order chi connectivity index (χ0) is 19.4. The Hall–Kier alpha value is -2.76. The molecule has 3 N–H and O–H groups in total. The molecule has 9 nitrogen and oxygen atoms in total. The lowest BCUT2D eigenvalue weighted by Crippen LogP contribution is -2.15. The van der Waals surface area contributed by atoms with Gasteiger partial charge in [0.1, 0.15) is 0 Å². The average Bonchev–Trinajstić information content (AvgIpc) is 3.08. The van der Waals surface area contributed by atoms with Gasteiger partial charge in [-0.3, -0.25) is 4.79 Å². The molecule has 27 heavy (non-hydrogen) atoms. The summed E-state index contributed by atoms with van der Waals surface area (Å²) in [5.41, 5.74) is 2.34. The molecule has 0 saturated carbocycles. The van der Waals surface area contributed by atoms with Gasteiger partial charge in [0.25, 0.3) is 0 Å². The quantitative estimate of drug-likeness (QED) is 0.592. The van der Waals surface area contributed by atoms with Gasteiger partial charge in [-0.15, -0.1) is 5.10 Å². The molecule has 3 aromatic rings. The number of benzene rings is 2. The number of thioether (sulfide) groups is 1. The number of carbonyl (C=O) groups excluding carboxylic acids is 1. The van der Waals surface area contributed by atoms with Crippen LogP contribution in [0.4, 0.5) is 5.69 Å². The Morgan fingerprint density at radius 1 is 1.22 bits per heavy atom. The van der Waals surface area contributed by atoms with Crippen LogP contribution in [0.2, 0.25) is 0 Å². The zero-order valence-corrected chi connectivity index (χ0v) is 15.9. The Kier molecular flexibility index (Phi) is 5.54. The van der Waals surface area contributed by atoms with Crippen LogP contribution in [0.5, 0.6) is 0 Å². The van der Waals surface area contributed by atoms with Crippen molar-refractivity contribution in [3.8, 4) is 5.69 Å². The van der Waals surface area contributed by atoms with E-state index in [1.807, 2.05) is 31.2 Å². The van der Waals surface area contributed by atoms with Gasteiger partial charge in [-0.25, -0.2) is 13.6 Å². The molecule has 3 rings (SSSR count). The summed E-state index contributed by atoms with van der Waals surface area (Å²) in [6, 6.07) is 13.3. The molecule has 0 atom stereocenters. The maximum atomic E-state index is 12.1. The van der Waals surface area contributed by atoms with E-state index in [1.165, 1.54) is 36.0 Å². The van der Waals surface area contributed by atoms with Crippen molar-refractivity contribution >= 4 is 33.4 Å². The number of anilines is 1. The maximum Gasteiger partial charge on any atom is 0.238 e. The first-order valence-electron chi connectivity index (χ1n) is 7.74. The van der Waals surface area contributed by atoms with Crippen molar-refractivity contribution in [2.45, 2.75) is 17.0 Å². The number of aromatic nitrogens is 4. The summed E-state index contributed by atoms with van der Waals surface area (Å²) in [6.45, 7) is 1.97. The lowest BCUT2D eigenvalue weighted by molar-refractivity contribution is -0.113. The fraction of sp³-hybridized carbons (Fsp3) is 0.125. The number of nitrogens with two attached hydrogens (primary N) is 1. The normalized spacial score (nSPS) is 11.3. The highest BCUT2D eigenvalue weighted by Gasteiger charge is 2.12.